The summed E-state index contributed by atoms with van der Waals surface area (Å²) in [7, 11) is 1.67. The molecule has 0 atom stereocenters. The van der Waals surface area contributed by atoms with E-state index in [4.69, 9.17) is 9.72 Å². The van der Waals surface area contributed by atoms with Gasteiger partial charge in [0.25, 0.3) is 0 Å². The molecule has 0 radical (unpaired) electrons. The predicted molar refractivity (Wildman–Crippen MR) is 113 cm³/mol. The van der Waals surface area contributed by atoms with Crippen LogP contribution in [0.25, 0.3) is 16.2 Å². The second-order valence-electron chi connectivity index (χ2n) is 7.54. The zero-order valence-corrected chi connectivity index (χ0v) is 17.1. The molecule has 0 bridgehead atoms. The van der Waals surface area contributed by atoms with Crippen LogP contribution in [0.5, 0.6) is 5.75 Å². The standard InChI is InChI=1S/C22H27N3O2S/c1-27-19-10-7-17(8-11-19)20-14-25-18(15-28-22(25)24-20)9-12-21(26)23-13-16-5-3-2-4-6-16/h7-8,10-11,14-16H,2-6,9,12-13H2,1H3,(H,23,26). The second-order valence-corrected chi connectivity index (χ2v) is 8.38. The number of carbonyl (C=O) groups excluding carboxylic acids is 1. The molecule has 0 spiro atoms. The fraction of sp³-hybridized carbons (Fsp3) is 0.455. The molecule has 5 nitrogen and oxygen atoms in total. The number of nitrogens with zero attached hydrogens (tertiary/aromatic N) is 2. The van der Waals surface area contributed by atoms with E-state index < -0.39 is 0 Å². The largest absolute Gasteiger partial charge is 0.497 e. The van der Waals surface area contributed by atoms with Crippen LogP contribution in [0.2, 0.25) is 0 Å². The third kappa shape index (κ3) is 4.38. The van der Waals surface area contributed by atoms with Gasteiger partial charge in [0, 0.05) is 35.8 Å². The molecule has 6 heteroatoms. The maximum Gasteiger partial charge on any atom is 0.220 e. The van der Waals surface area contributed by atoms with Crippen molar-refractivity contribution in [1.29, 1.82) is 0 Å². The summed E-state index contributed by atoms with van der Waals surface area (Å²) in [5, 5.41) is 5.24. The normalized spacial score (nSPS) is 15.0. The number of ether oxygens (including phenoxy) is 1. The highest BCUT2D eigenvalue weighted by atomic mass is 32.1. The molecule has 1 aliphatic carbocycles. The molecule has 1 aromatic carbocycles. The number of fused-ring (bicyclic) bond motifs is 1. The number of aryl methyl sites for hydroxylation is 1. The Bertz CT molecular complexity index is 923. The molecule has 28 heavy (non-hydrogen) atoms. The zero-order chi connectivity index (χ0) is 19.3. The van der Waals surface area contributed by atoms with Crippen molar-refractivity contribution in [3.63, 3.8) is 0 Å². The SMILES string of the molecule is COc1ccc(-c2cn3c(CCC(=O)NCC4CCCCC4)csc3n2)cc1. The van der Waals surface area contributed by atoms with Crippen molar-refractivity contribution < 1.29 is 9.53 Å². The first-order valence-corrected chi connectivity index (χ1v) is 11.0. The van der Waals surface area contributed by atoms with E-state index in [1.807, 2.05) is 24.3 Å². The predicted octanol–water partition coefficient (Wildman–Crippen LogP) is 4.70. The number of thiazole rings is 1. The van der Waals surface area contributed by atoms with Crippen LogP contribution in [0, 0.1) is 5.92 Å². The number of hydrogen-bond acceptors (Lipinski definition) is 4. The minimum Gasteiger partial charge on any atom is -0.497 e. The minimum atomic E-state index is 0.153. The summed E-state index contributed by atoms with van der Waals surface area (Å²) in [5.74, 6) is 1.66. The van der Waals surface area contributed by atoms with Crippen LogP contribution >= 0.6 is 11.3 Å². The van der Waals surface area contributed by atoms with Gasteiger partial charge in [0.2, 0.25) is 5.91 Å². The minimum absolute atomic E-state index is 0.153. The Morgan fingerprint density at radius 3 is 2.79 bits per heavy atom. The fourth-order valence-corrected chi connectivity index (χ4v) is 4.80. The Kier molecular flexibility index (Phi) is 5.95. The molecule has 4 rings (SSSR count). The topological polar surface area (TPSA) is 55.6 Å². The molecule has 2 heterocycles. The highest BCUT2D eigenvalue weighted by molar-refractivity contribution is 7.15. The van der Waals surface area contributed by atoms with Crippen LogP contribution in [0.3, 0.4) is 0 Å². The molecule has 2 aromatic heterocycles. The molecule has 1 amide bonds. The molecule has 1 fully saturated rings. The van der Waals surface area contributed by atoms with Gasteiger partial charge in [0.05, 0.1) is 12.8 Å². The van der Waals surface area contributed by atoms with Crippen LogP contribution in [-0.2, 0) is 11.2 Å². The maximum atomic E-state index is 12.3. The molecule has 0 aliphatic heterocycles. The summed E-state index contributed by atoms with van der Waals surface area (Å²) in [5.41, 5.74) is 3.14. The summed E-state index contributed by atoms with van der Waals surface area (Å²) in [6, 6.07) is 7.92. The van der Waals surface area contributed by atoms with Gasteiger partial charge in [-0.25, -0.2) is 4.98 Å². The average Bonchev–Trinajstić information content (AvgIpc) is 3.33. The fourth-order valence-electron chi connectivity index (χ4n) is 3.89. The van der Waals surface area contributed by atoms with Crippen molar-refractivity contribution in [2.75, 3.05) is 13.7 Å². The number of aromatic nitrogens is 2. The van der Waals surface area contributed by atoms with E-state index in [1.54, 1.807) is 18.4 Å². The van der Waals surface area contributed by atoms with E-state index in [9.17, 15) is 4.79 Å². The monoisotopic (exact) mass is 397 g/mol. The Morgan fingerprint density at radius 1 is 1.25 bits per heavy atom. The second kappa shape index (κ2) is 8.78. The maximum absolute atomic E-state index is 12.3. The van der Waals surface area contributed by atoms with Crippen LogP contribution in [-0.4, -0.2) is 28.9 Å². The first-order chi connectivity index (χ1) is 13.7. The molecular formula is C22H27N3O2S. The van der Waals surface area contributed by atoms with E-state index >= 15 is 0 Å². The molecule has 0 unspecified atom stereocenters. The smallest absolute Gasteiger partial charge is 0.220 e. The summed E-state index contributed by atoms with van der Waals surface area (Å²) in [6.07, 6.45) is 9.80. The quantitative estimate of drug-likeness (QED) is 0.629. The Balaban J connectivity index is 1.36. The first-order valence-electron chi connectivity index (χ1n) is 10.1. The van der Waals surface area contributed by atoms with E-state index in [0.29, 0.717) is 12.3 Å². The van der Waals surface area contributed by atoms with Gasteiger partial charge in [-0.05, 0) is 49.4 Å². The molecule has 0 saturated heterocycles. The lowest BCUT2D eigenvalue weighted by Crippen LogP contribution is -2.30. The highest BCUT2D eigenvalue weighted by Gasteiger charge is 2.15. The first kappa shape index (κ1) is 19.0. The lowest BCUT2D eigenvalue weighted by Gasteiger charge is -2.21. The van der Waals surface area contributed by atoms with Crippen LogP contribution in [0.1, 0.15) is 44.2 Å². The van der Waals surface area contributed by atoms with Crippen LogP contribution < -0.4 is 10.1 Å². The summed E-state index contributed by atoms with van der Waals surface area (Å²) in [6.45, 7) is 0.838. The third-order valence-corrected chi connectivity index (χ3v) is 6.48. The van der Waals surface area contributed by atoms with E-state index in [0.717, 1.165) is 40.6 Å². The number of carbonyl (C=O) groups is 1. The van der Waals surface area contributed by atoms with Gasteiger partial charge in [-0.1, -0.05) is 19.3 Å². The zero-order valence-electron chi connectivity index (χ0n) is 16.3. The van der Waals surface area contributed by atoms with Crippen molar-refractivity contribution in [1.82, 2.24) is 14.7 Å². The third-order valence-electron chi connectivity index (χ3n) is 5.59. The molecule has 148 valence electrons. The van der Waals surface area contributed by atoms with E-state index in [-0.39, 0.29) is 5.91 Å². The lowest BCUT2D eigenvalue weighted by molar-refractivity contribution is -0.121. The summed E-state index contributed by atoms with van der Waals surface area (Å²) >= 11 is 1.62. The number of imidazole rings is 1. The molecule has 1 aliphatic rings. The average molecular weight is 398 g/mol. The van der Waals surface area contributed by atoms with Gasteiger partial charge < -0.3 is 10.1 Å². The van der Waals surface area contributed by atoms with E-state index in [2.05, 4.69) is 21.3 Å². The molecule has 3 aromatic rings. The number of benzene rings is 1. The Morgan fingerprint density at radius 2 is 2.04 bits per heavy atom. The van der Waals surface area contributed by atoms with Crippen molar-refractivity contribution in [2.45, 2.75) is 44.9 Å². The highest BCUT2D eigenvalue weighted by Crippen LogP contribution is 2.26. The number of methoxy groups -OCH3 is 1. The molecule has 1 saturated carbocycles. The summed E-state index contributed by atoms with van der Waals surface area (Å²) in [4.78, 5) is 17.9. The van der Waals surface area contributed by atoms with Gasteiger partial charge in [-0.3, -0.25) is 9.20 Å². The van der Waals surface area contributed by atoms with Crippen LogP contribution in [0.15, 0.2) is 35.8 Å². The number of amides is 1. The number of rotatable bonds is 7. The van der Waals surface area contributed by atoms with Crippen molar-refractivity contribution in [3.8, 4) is 17.0 Å². The van der Waals surface area contributed by atoms with Gasteiger partial charge in [-0.15, -0.1) is 11.3 Å². The van der Waals surface area contributed by atoms with Crippen molar-refractivity contribution in [3.05, 3.63) is 41.5 Å². The van der Waals surface area contributed by atoms with Crippen molar-refractivity contribution >= 4 is 22.2 Å². The van der Waals surface area contributed by atoms with E-state index in [1.165, 1.54) is 32.1 Å². The van der Waals surface area contributed by atoms with Crippen molar-refractivity contribution in [2.24, 2.45) is 5.92 Å². The Hall–Kier alpha value is -2.34. The lowest BCUT2D eigenvalue weighted by atomic mass is 9.89. The summed E-state index contributed by atoms with van der Waals surface area (Å²) < 4.78 is 7.33. The van der Waals surface area contributed by atoms with Gasteiger partial charge >= 0.3 is 0 Å². The molecular weight excluding hydrogens is 370 g/mol. The van der Waals surface area contributed by atoms with Crippen LogP contribution in [0.4, 0.5) is 0 Å². The van der Waals surface area contributed by atoms with Gasteiger partial charge in [0.1, 0.15) is 5.75 Å². The number of nitrogens with one attached hydrogen (secondary N) is 1. The Labute approximate surface area is 169 Å². The van der Waals surface area contributed by atoms with Gasteiger partial charge in [-0.2, -0.15) is 0 Å². The van der Waals surface area contributed by atoms with Gasteiger partial charge in [0.15, 0.2) is 4.96 Å². The molecule has 1 N–H and O–H groups in total. The number of hydrogen-bond donors (Lipinski definition) is 1.